The molecule has 2 aromatic rings. The fraction of sp³-hybridized carbons (Fsp3) is 0.391. The molecule has 1 heterocycles. The van der Waals surface area contributed by atoms with Gasteiger partial charge in [0.05, 0.1) is 14.2 Å². The van der Waals surface area contributed by atoms with Gasteiger partial charge in [0.15, 0.2) is 11.5 Å². The molecular formula is C23H29N3O4S. The first kappa shape index (κ1) is 23.0. The third-order valence-corrected chi connectivity index (χ3v) is 6.43. The van der Waals surface area contributed by atoms with E-state index in [1.165, 1.54) is 0 Å². The smallest absolute Gasteiger partial charge is 0.255 e. The molecule has 31 heavy (non-hydrogen) atoms. The normalized spacial score (nSPS) is 18.2. The second-order valence-electron chi connectivity index (χ2n) is 7.49. The maximum absolute atomic E-state index is 13.5. The summed E-state index contributed by atoms with van der Waals surface area (Å²) in [6.45, 7) is 1.26. The number of carbonyl (C=O) groups is 2. The Morgan fingerprint density at radius 3 is 2.45 bits per heavy atom. The van der Waals surface area contributed by atoms with Gasteiger partial charge in [-0.3, -0.25) is 9.59 Å². The van der Waals surface area contributed by atoms with Crippen molar-refractivity contribution in [3.8, 4) is 11.5 Å². The summed E-state index contributed by atoms with van der Waals surface area (Å²) in [6.07, 6.45) is 0. The maximum atomic E-state index is 13.5. The lowest BCUT2D eigenvalue weighted by molar-refractivity contribution is -0.124. The van der Waals surface area contributed by atoms with Gasteiger partial charge in [-0.2, -0.15) is 0 Å². The number of nitrogens with one attached hydrogen (secondary N) is 1. The highest BCUT2D eigenvalue weighted by atomic mass is 32.2. The lowest BCUT2D eigenvalue weighted by atomic mass is 10.1. The van der Waals surface area contributed by atoms with Crippen LogP contribution >= 0.6 is 11.8 Å². The summed E-state index contributed by atoms with van der Waals surface area (Å²) in [4.78, 5) is 30.2. The second kappa shape index (κ2) is 10.5. The molecule has 1 aliphatic rings. The van der Waals surface area contributed by atoms with Gasteiger partial charge >= 0.3 is 0 Å². The number of ether oxygens (including phenoxy) is 2. The van der Waals surface area contributed by atoms with Gasteiger partial charge in [-0.1, -0.05) is 24.3 Å². The van der Waals surface area contributed by atoms with Crippen molar-refractivity contribution in [2.24, 2.45) is 0 Å². The summed E-state index contributed by atoms with van der Waals surface area (Å²) in [5.41, 5.74) is 1.44. The minimum absolute atomic E-state index is 0.137. The van der Waals surface area contributed by atoms with Crippen molar-refractivity contribution in [1.82, 2.24) is 15.1 Å². The molecule has 3 rings (SSSR count). The number of hydrogen-bond acceptors (Lipinski definition) is 6. The molecule has 1 saturated heterocycles. The molecule has 1 N–H and O–H groups in total. The molecule has 2 aromatic carbocycles. The van der Waals surface area contributed by atoms with Gasteiger partial charge in [0, 0.05) is 24.4 Å². The highest BCUT2D eigenvalue weighted by Gasteiger charge is 2.42. The van der Waals surface area contributed by atoms with Crippen molar-refractivity contribution in [2.75, 3.05) is 47.2 Å². The largest absolute Gasteiger partial charge is 0.493 e. The fourth-order valence-corrected chi connectivity index (χ4v) is 4.89. The number of nitrogens with zero attached hydrogens (tertiary/aromatic N) is 2. The van der Waals surface area contributed by atoms with Crippen LogP contribution in [-0.2, 0) is 4.79 Å². The zero-order valence-corrected chi connectivity index (χ0v) is 19.1. The molecule has 8 heteroatoms. The van der Waals surface area contributed by atoms with Gasteiger partial charge in [0.1, 0.15) is 11.4 Å². The predicted molar refractivity (Wildman–Crippen MR) is 123 cm³/mol. The number of likely N-dealkylation sites (N-methyl/N-ethyl adjacent to an activating group) is 1. The third kappa shape index (κ3) is 5.32. The molecule has 0 aromatic heterocycles. The van der Waals surface area contributed by atoms with E-state index in [9.17, 15) is 9.59 Å². The lowest BCUT2D eigenvalue weighted by Crippen LogP contribution is -2.49. The van der Waals surface area contributed by atoms with Crippen LogP contribution in [0.5, 0.6) is 11.5 Å². The fourth-order valence-electron chi connectivity index (χ4n) is 3.47. The summed E-state index contributed by atoms with van der Waals surface area (Å²) in [5, 5.41) is 2.66. The van der Waals surface area contributed by atoms with Crippen molar-refractivity contribution < 1.29 is 19.1 Å². The van der Waals surface area contributed by atoms with E-state index in [0.717, 1.165) is 12.1 Å². The molecule has 2 amide bonds. The van der Waals surface area contributed by atoms with Gasteiger partial charge in [0.2, 0.25) is 5.91 Å². The number of benzene rings is 2. The zero-order valence-electron chi connectivity index (χ0n) is 18.3. The van der Waals surface area contributed by atoms with Crippen LogP contribution in [0.3, 0.4) is 0 Å². The topological polar surface area (TPSA) is 71.1 Å². The first-order valence-electron chi connectivity index (χ1n) is 10.1. The monoisotopic (exact) mass is 443 g/mol. The molecule has 1 fully saturated rings. The Kier molecular flexibility index (Phi) is 7.81. The average Bonchev–Trinajstić information content (AvgIpc) is 3.23. The van der Waals surface area contributed by atoms with Crippen LogP contribution in [0.15, 0.2) is 48.5 Å². The van der Waals surface area contributed by atoms with Crippen LogP contribution < -0.4 is 14.8 Å². The minimum Gasteiger partial charge on any atom is -0.493 e. The van der Waals surface area contributed by atoms with Crippen molar-refractivity contribution in [3.63, 3.8) is 0 Å². The highest BCUT2D eigenvalue weighted by Crippen LogP contribution is 2.44. The number of thioether (sulfide) groups is 1. The quantitative estimate of drug-likeness (QED) is 0.676. The average molecular weight is 444 g/mol. The van der Waals surface area contributed by atoms with Gasteiger partial charge < -0.3 is 24.6 Å². The first-order valence-corrected chi connectivity index (χ1v) is 11.1. The van der Waals surface area contributed by atoms with Crippen molar-refractivity contribution >= 4 is 23.6 Å². The van der Waals surface area contributed by atoms with Crippen LogP contribution in [0.2, 0.25) is 0 Å². The molecular weight excluding hydrogens is 414 g/mol. The van der Waals surface area contributed by atoms with Crippen molar-refractivity contribution in [2.45, 2.75) is 11.4 Å². The highest BCUT2D eigenvalue weighted by molar-refractivity contribution is 7.99. The van der Waals surface area contributed by atoms with E-state index >= 15 is 0 Å². The number of amides is 2. The standard InChI is InChI=1S/C23H29N3O4S/c1-25(2)13-12-24-21(27)18-15-31-23(17-10-11-19(29-3)20(14-17)30-4)26(18)22(28)16-8-6-5-7-9-16/h5-11,14,18,23H,12-13,15H2,1-4H3,(H,24,27). The van der Waals surface area contributed by atoms with E-state index in [1.807, 2.05) is 55.4 Å². The molecule has 0 spiro atoms. The number of methoxy groups -OCH3 is 2. The SMILES string of the molecule is COc1ccc(C2SCC(C(=O)NCCN(C)C)N2C(=O)c2ccccc2)cc1OC. The molecule has 2 atom stereocenters. The molecule has 0 aliphatic carbocycles. The number of hydrogen-bond donors (Lipinski definition) is 1. The molecule has 0 radical (unpaired) electrons. The van der Waals surface area contributed by atoms with E-state index in [4.69, 9.17) is 9.47 Å². The lowest BCUT2D eigenvalue weighted by Gasteiger charge is -2.29. The molecule has 2 unspecified atom stereocenters. The molecule has 1 aliphatic heterocycles. The summed E-state index contributed by atoms with van der Waals surface area (Å²) < 4.78 is 10.8. The summed E-state index contributed by atoms with van der Waals surface area (Å²) in [5.74, 6) is 1.42. The predicted octanol–water partition coefficient (Wildman–Crippen LogP) is 2.64. The van der Waals surface area contributed by atoms with Gasteiger partial charge in [-0.15, -0.1) is 11.8 Å². The van der Waals surface area contributed by atoms with Crippen LogP contribution in [0.25, 0.3) is 0 Å². The molecule has 7 nitrogen and oxygen atoms in total. The van der Waals surface area contributed by atoms with Gasteiger partial charge in [-0.25, -0.2) is 0 Å². The van der Waals surface area contributed by atoms with Crippen molar-refractivity contribution in [3.05, 3.63) is 59.7 Å². The van der Waals surface area contributed by atoms with E-state index in [2.05, 4.69) is 5.32 Å². The Bertz CT molecular complexity index is 907. The Balaban J connectivity index is 1.91. The van der Waals surface area contributed by atoms with E-state index < -0.39 is 6.04 Å². The Morgan fingerprint density at radius 2 is 1.81 bits per heavy atom. The van der Waals surface area contributed by atoms with Crippen molar-refractivity contribution in [1.29, 1.82) is 0 Å². The third-order valence-electron chi connectivity index (χ3n) is 5.11. The summed E-state index contributed by atoms with van der Waals surface area (Å²) in [7, 11) is 7.07. The summed E-state index contributed by atoms with van der Waals surface area (Å²) >= 11 is 1.57. The Morgan fingerprint density at radius 1 is 1.10 bits per heavy atom. The zero-order chi connectivity index (χ0) is 22.4. The number of carbonyl (C=O) groups excluding carboxylic acids is 2. The Labute approximate surface area is 187 Å². The van der Waals surface area contributed by atoms with Gasteiger partial charge in [-0.05, 0) is 43.9 Å². The van der Waals surface area contributed by atoms with Crippen LogP contribution in [0.4, 0.5) is 0 Å². The minimum atomic E-state index is -0.557. The van der Waals surface area contributed by atoms with Crippen LogP contribution in [-0.4, -0.2) is 74.8 Å². The Hall–Kier alpha value is -2.71. The van der Waals surface area contributed by atoms with Gasteiger partial charge in [0.25, 0.3) is 5.91 Å². The molecule has 0 bridgehead atoms. The van der Waals surface area contributed by atoms with E-state index in [0.29, 0.717) is 29.4 Å². The molecule has 0 saturated carbocycles. The number of rotatable bonds is 8. The van der Waals surface area contributed by atoms with E-state index in [1.54, 1.807) is 43.0 Å². The van der Waals surface area contributed by atoms with Crippen LogP contribution in [0, 0.1) is 0 Å². The summed E-state index contributed by atoms with van der Waals surface area (Å²) in [6, 6.07) is 14.1. The maximum Gasteiger partial charge on any atom is 0.255 e. The van der Waals surface area contributed by atoms with Crippen LogP contribution in [0.1, 0.15) is 21.3 Å². The first-order chi connectivity index (χ1) is 15.0. The second-order valence-corrected chi connectivity index (χ2v) is 8.60. The van der Waals surface area contributed by atoms with E-state index in [-0.39, 0.29) is 17.2 Å². The molecule has 166 valence electrons.